The number of amides is 3. The van der Waals surface area contributed by atoms with Crippen molar-refractivity contribution in [1.82, 2.24) is 10.3 Å². The summed E-state index contributed by atoms with van der Waals surface area (Å²) in [5.74, 6) is -1.01. The highest BCUT2D eigenvalue weighted by Crippen LogP contribution is 2.22. The van der Waals surface area contributed by atoms with Crippen molar-refractivity contribution < 1.29 is 19.1 Å². The van der Waals surface area contributed by atoms with Crippen LogP contribution in [0.15, 0.2) is 60.7 Å². The molecular weight excluding hydrogens is 444 g/mol. The van der Waals surface area contributed by atoms with Crippen LogP contribution in [0.3, 0.4) is 0 Å². The Morgan fingerprint density at radius 2 is 1.64 bits per heavy atom. The molecule has 9 heteroatoms. The number of methoxy groups -OCH3 is 1. The number of benzene rings is 2. The first kappa shape index (κ1) is 23.9. The number of H-pyrrole nitrogens is 1. The number of carbonyl (C=O) groups excluding carboxylic acids is 3. The summed E-state index contributed by atoms with van der Waals surface area (Å²) in [5, 5.41) is 8.68. The first-order valence-corrected chi connectivity index (χ1v) is 10.7. The van der Waals surface area contributed by atoms with Crippen molar-refractivity contribution >= 4 is 40.9 Å². The Balaban J connectivity index is 1.62. The first-order chi connectivity index (χ1) is 15.8. The predicted octanol–water partition coefficient (Wildman–Crippen LogP) is 4.91. The molecule has 0 saturated heterocycles. The molecular formula is C24H25ClN4O4. The smallest absolute Gasteiger partial charge is 0.328 e. The van der Waals surface area contributed by atoms with Gasteiger partial charge in [-0.3, -0.25) is 4.79 Å². The van der Waals surface area contributed by atoms with Gasteiger partial charge in [0.25, 0.3) is 5.91 Å². The van der Waals surface area contributed by atoms with Crippen molar-refractivity contribution in [3.8, 4) is 11.3 Å². The number of rotatable bonds is 7. The Hall–Kier alpha value is -3.78. The number of esters is 1. The fourth-order valence-electron chi connectivity index (χ4n) is 3.13. The Morgan fingerprint density at radius 1 is 0.939 bits per heavy atom. The van der Waals surface area contributed by atoms with Gasteiger partial charge >= 0.3 is 12.0 Å². The molecule has 0 radical (unpaired) electrons. The van der Waals surface area contributed by atoms with Gasteiger partial charge in [0, 0.05) is 22.1 Å². The van der Waals surface area contributed by atoms with Crippen LogP contribution in [-0.4, -0.2) is 36.0 Å². The van der Waals surface area contributed by atoms with Crippen LogP contribution in [0, 0.1) is 5.92 Å². The molecule has 0 aliphatic rings. The van der Waals surface area contributed by atoms with Crippen LogP contribution in [-0.2, 0) is 9.53 Å². The van der Waals surface area contributed by atoms with Crippen LogP contribution in [0.25, 0.3) is 11.3 Å². The van der Waals surface area contributed by atoms with E-state index in [1.807, 2.05) is 26.0 Å². The van der Waals surface area contributed by atoms with Crippen LogP contribution in [0.4, 0.5) is 16.2 Å². The summed E-state index contributed by atoms with van der Waals surface area (Å²) in [6, 6.07) is 16.3. The molecule has 1 aromatic heterocycles. The Bertz CT molecular complexity index is 1140. The van der Waals surface area contributed by atoms with Crippen LogP contribution in [0.1, 0.15) is 24.3 Å². The Morgan fingerprint density at radius 3 is 2.27 bits per heavy atom. The van der Waals surface area contributed by atoms with Gasteiger partial charge in [-0.05, 0) is 53.9 Å². The third-order valence-corrected chi connectivity index (χ3v) is 5.11. The molecule has 0 saturated carbocycles. The van der Waals surface area contributed by atoms with Gasteiger partial charge in [0.05, 0.1) is 7.11 Å². The lowest BCUT2D eigenvalue weighted by molar-refractivity contribution is -0.144. The quantitative estimate of drug-likeness (QED) is 0.369. The third-order valence-electron chi connectivity index (χ3n) is 4.88. The van der Waals surface area contributed by atoms with Gasteiger partial charge in [0.2, 0.25) is 0 Å². The molecule has 0 spiro atoms. The van der Waals surface area contributed by atoms with Crippen LogP contribution >= 0.6 is 11.6 Å². The van der Waals surface area contributed by atoms with E-state index in [9.17, 15) is 14.4 Å². The number of ether oxygens (including phenoxy) is 1. The number of urea groups is 1. The van der Waals surface area contributed by atoms with E-state index in [0.29, 0.717) is 27.8 Å². The average molecular weight is 469 g/mol. The standard InChI is InChI=1S/C24H25ClN4O4/c1-14(2)21(23(31)33-3)29-22(30)20-12-11-19(28-20)15-7-9-17(10-8-15)26-24(32)27-18-6-4-5-16(25)13-18/h4-14,21,28H,1-3H3,(H,29,30)(H2,26,27,32)/t21-/m0/s1. The lowest BCUT2D eigenvalue weighted by atomic mass is 10.0. The van der Waals surface area contributed by atoms with Crippen LogP contribution in [0.5, 0.6) is 0 Å². The molecule has 0 aliphatic carbocycles. The second-order valence-corrected chi connectivity index (χ2v) is 8.11. The first-order valence-electron chi connectivity index (χ1n) is 10.3. The molecule has 3 amide bonds. The molecule has 8 nitrogen and oxygen atoms in total. The van der Waals surface area contributed by atoms with Gasteiger partial charge in [-0.25, -0.2) is 9.59 Å². The second kappa shape index (κ2) is 10.7. The summed E-state index contributed by atoms with van der Waals surface area (Å²) in [7, 11) is 1.29. The topological polar surface area (TPSA) is 112 Å². The fourth-order valence-corrected chi connectivity index (χ4v) is 3.32. The number of carbonyl (C=O) groups is 3. The maximum absolute atomic E-state index is 12.6. The number of hydrogen-bond acceptors (Lipinski definition) is 4. The minimum Gasteiger partial charge on any atom is -0.467 e. The minimum absolute atomic E-state index is 0.119. The summed E-state index contributed by atoms with van der Waals surface area (Å²) in [5.41, 5.74) is 3.04. The lowest BCUT2D eigenvalue weighted by Crippen LogP contribution is -2.45. The highest BCUT2D eigenvalue weighted by atomic mass is 35.5. The minimum atomic E-state index is -0.738. The maximum Gasteiger partial charge on any atom is 0.328 e. The van der Waals surface area contributed by atoms with Crippen molar-refractivity contribution in [3.05, 3.63) is 71.4 Å². The van der Waals surface area contributed by atoms with E-state index < -0.39 is 23.9 Å². The SMILES string of the molecule is COC(=O)[C@@H](NC(=O)c1ccc(-c2ccc(NC(=O)Nc3cccc(Cl)c3)cc2)[nH]1)C(C)C. The van der Waals surface area contributed by atoms with Crippen molar-refractivity contribution in [2.75, 3.05) is 17.7 Å². The van der Waals surface area contributed by atoms with E-state index in [1.54, 1.807) is 48.5 Å². The number of aromatic amines is 1. The summed E-state index contributed by atoms with van der Waals surface area (Å²) in [4.78, 5) is 39.7. The molecule has 0 aliphatic heterocycles. The maximum atomic E-state index is 12.6. The number of nitrogens with one attached hydrogen (secondary N) is 4. The van der Waals surface area contributed by atoms with Gasteiger partial charge in [0.1, 0.15) is 11.7 Å². The number of halogens is 1. The van der Waals surface area contributed by atoms with E-state index in [2.05, 4.69) is 20.9 Å². The van der Waals surface area contributed by atoms with Crippen molar-refractivity contribution in [2.24, 2.45) is 5.92 Å². The molecule has 33 heavy (non-hydrogen) atoms. The number of anilines is 2. The molecule has 0 bridgehead atoms. The molecule has 1 atom stereocenters. The summed E-state index contributed by atoms with van der Waals surface area (Å²) >= 11 is 5.92. The van der Waals surface area contributed by atoms with Crippen molar-refractivity contribution in [1.29, 1.82) is 0 Å². The molecule has 3 aromatic rings. The molecule has 3 rings (SSSR count). The van der Waals surface area contributed by atoms with Gasteiger partial charge < -0.3 is 25.7 Å². The molecule has 4 N–H and O–H groups in total. The fraction of sp³-hybridized carbons (Fsp3) is 0.208. The zero-order valence-electron chi connectivity index (χ0n) is 18.4. The average Bonchev–Trinajstić information content (AvgIpc) is 3.27. The number of hydrogen-bond donors (Lipinski definition) is 4. The van der Waals surface area contributed by atoms with Gasteiger partial charge in [-0.1, -0.05) is 43.6 Å². The van der Waals surface area contributed by atoms with E-state index in [-0.39, 0.29) is 5.92 Å². The third kappa shape index (κ3) is 6.36. The largest absolute Gasteiger partial charge is 0.467 e. The Kier molecular flexibility index (Phi) is 7.74. The van der Waals surface area contributed by atoms with E-state index in [0.717, 1.165) is 5.56 Å². The Labute approximate surface area is 196 Å². The number of aromatic nitrogens is 1. The molecule has 0 fully saturated rings. The predicted molar refractivity (Wildman–Crippen MR) is 128 cm³/mol. The summed E-state index contributed by atoms with van der Waals surface area (Å²) < 4.78 is 4.76. The zero-order valence-corrected chi connectivity index (χ0v) is 19.2. The van der Waals surface area contributed by atoms with Gasteiger partial charge in [-0.15, -0.1) is 0 Å². The zero-order chi connectivity index (χ0) is 24.0. The molecule has 0 unspecified atom stereocenters. The van der Waals surface area contributed by atoms with Crippen molar-refractivity contribution in [2.45, 2.75) is 19.9 Å². The molecule has 1 heterocycles. The highest BCUT2D eigenvalue weighted by molar-refractivity contribution is 6.30. The van der Waals surface area contributed by atoms with Crippen LogP contribution in [0.2, 0.25) is 5.02 Å². The van der Waals surface area contributed by atoms with Crippen molar-refractivity contribution in [3.63, 3.8) is 0 Å². The molecule has 172 valence electrons. The van der Waals surface area contributed by atoms with Gasteiger partial charge in [0.15, 0.2) is 0 Å². The summed E-state index contributed by atoms with van der Waals surface area (Å²) in [6.07, 6.45) is 0. The highest BCUT2D eigenvalue weighted by Gasteiger charge is 2.25. The van der Waals surface area contributed by atoms with E-state index in [1.165, 1.54) is 7.11 Å². The summed E-state index contributed by atoms with van der Waals surface area (Å²) in [6.45, 7) is 3.65. The normalized spacial score (nSPS) is 11.5. The monoisotopic (exact) mass is 468 g/mol. The second-order valence-electron chi connectivity index (χ2n) is 7.67. The van der Waals surface area contributed by atoms with E-state index in [4.69, 9.17) is 16.3 Å². The van der Waals surface area contributed by atoms with E-state index >= 15 is 0 Å². The molecule has 2 aromatic carbocycles. The van der Waals surface area contributed by atoms with Crippen LogP contribution < -0.4 is 16.0 Å². The lowest BCUT2D eigenvalue weighted by Gasteiger charge is -2.19. The van der Waals surface area contributed by atoms with Gasteiger partial charge in [-0.2, -0.15) is 0 Å².